The second-order valence-electron chi connectivity index (χ2n) is 4.90. The van der Waals surface area contributed by atoms with Gasteiger partial charge in [0.25, 0.3) is 11.6 Å². The fourth-order valence-electron chi connectivity index (χ4n) is 2.07. The molecule has 7 nitrogen and oxygen atoms in total. The van der Waals surface area contributed by atoms with Crippen molar-refractivity contribution in [3.63, 3.8) is 0 Å². The van der Waals surface area contributed by atoms with E-state index in [4.69, 9.17) is 10.5 Å². The smallest absolute Gasteiger partial charge is 0.270 e. The maximum absolute atomic E-state index is 12.2. The van der Waals surface area contributed by atoms with Gasteiger partial charge in [-0.25, -0.2) is 0 Å². The number of nitro benzene ring substituents is 1. The zero-order valence-corrected chi connectivity index (χ0v) is 11.2. The number of nitrogens with two attached hydrogens (primary N) is 1. The minimum atomic E-state index is -0.552. The van der Waals surface area contributed by atoms with Crippen molar-refractivity contribution in [2.75, 3.05) is 19.5 Å². The number of non-ortho nitro benzene ring substituents is 1. The molecule has 0 saturated heterocycles. The Morgan fingerprint density at radius 3 is 2.85 bits per heavy atom. The zero-order valence-electron chi connectivity index (χ0n) is 11.2. The number of ether oxygens (including phenoxy) is 1. The Balaban J connectivity index is 2.15. The van der Waals surface area contributed by atoms with E-state index in [2.05, 4.69) is 5.32 Å². The van der Waals surface area contributed by atoms with E-state index in [0.29, 0.717) is 12.5 Å². The number of carbonyl (C=O) groups is 1. The number of hydrogen-bond acceptors (Lipinski definition) is 5. The summed E-state index contributed by atoms with van der Waals surface area (Å²) in [4.78, 5) is 22.4. The molecule has 7 heteroatoms. The van der Waals surface area contributed by atoms with Crippen LogP contribution in [0.2, 0.25) is 0 Å². The third kappa shape index (κ3) is 3.24. The number of hydrogen-bond donors (Lipinski definition) is 2. The van der Waals surface area contributed by atoms with Crippen molar-refractivity contribution >= 4 is 17.3 Å². The SMILES string of the molecule is COC[C@H](NC(=O)c1cc([N+](=O)[O-])ccc1N)C1CC1. The highest BCUT2D eigenvalue weighted by Gasteiger charge is 2.32. The lowest BCUT2D eigenvalue weighted by molar-refractivity contribution is -0.384. The molecule has 1 amide bonds. The number of amides is 1. The third-order valence-electron chi connectivity index (χ3n) is 3.35. The van der Waals surface area contributed by atoms with Gasteiger partial charge in [0, 0.05) is 24.9 Å². The molecule has 0 unspecified atom stereocenters. The lowest BCUT2D eigenvalue weighted by Gasteiger charge is -2.17. The van der Waals surface area contributed by atoms with Crippen LogP contribution in [0.4, 0.5) is 11.4 Å². The van der Waals surface area contributed by atoms with Crippen LogP contribution in [0.25, 0.3) is 0 Å². The number of nitrogens with one attached hydrogen (secondary N) is 1. The maximum Gasteiger partial charge on any atom is 0.270 e. The van der Waals surface area contributed by atoms with Gasteiger partial charge >= 0.3 is 0 Å². The highest BCUT2D eigenvalue weighted by Crippen LogP contribution is 2.33. The Kier molecular flexibility index (Phi) is 4.19. The minimum Gasteiger partial charge on any atom is -0.398 e. The van der Waals surface area contributed by atoms with Crippen LogP contribution in [0.15, 0.2) is 18.2 Å². The molecule has 0 radical (unpaired) electrons. The van der Waals surface area contributed by atoms with Crippen molar-refractivity contribution < 1.29 is 14.5 Å². The molecule has 1 atom stereocenters. The van der Waals surface area contributed by atoms with Crippen LogP contribution >= 0.6 is 0 Å². The maximum atomic E-state index is 12.2. The van der Waals surface area contributed by atoms with E-state index < -0.39 is 10.8 Å². The predicted octanol–water partition coefficient (Wildman–Crippen LogP) is 1.33. The monoisotopic (exact) mass is 279 g/mol. The Morgan fingerprint density at radius 2 is 2.30 bits per heavy atom. The molecule has 1 saturated carbocycles. The molecule has 3 N–H and O–H groups in total. The normalized spacial score (nSPS) is 15.7. The zero-order chi connectivity index (χ0) is 14.7. The number of methoxy groups -OCH3 is 1. The van der Waals surface area contributed by atoms with Crippen molar-refractivity contribution in [2.45, 2.75) is 18.9 Å². The number of nitro groups is 1. The van der Waals surface area contributed by atoms with E-state index in [1.54, 1.807) is 7.11 Å². The summed E-state index contributed by atoms with van der Waals surface area (Å²) in [6.07, 6.45) is 2.11. The summed E-state index contributed by atoms with van der Waals surface area (Å²) >= 11 is 0. The van der Waals surface area contributed by atoms with E-state index in [9.17, 15) is 14.9 Å². The number of nitrogen functional groups attached to an aromatic ring is 1. The van der Waals surface area contributed by atoms with Gasteiger partial charge in [0.2, 0.25) is 0 Å². The van der Waals surface area contributed by atoms with E-state index in [1.807, 2.05) is 0 Å². The first-order valence-corrected chi connectivity index (χ1v) is 6.36. The number of benzene rings is 1. The molecule has 0 aliphatic heterocycles. The minimum absolute atomic E-state index is 0.0776. The first-order chi connectivity index (χ1) is 9.52. The summed E-state index contributed by atoms with van der Waals surface area (Å²) in [5, 5.41) is 13.6. The molecule has 0 spiro atoms. The Bertz CT molecular complexity index is 528. The average molecular weight is 279 g/mol. The number of anilines is 1. The predicted molar refractivity (Wildman–Crippen MR) is 73.4 cm³/mol. The van der Waals surface area contributed by atoms with Crippen LogP contribution in [-0.4, -0.2) is 30.6 Å². The molecule has 1 fully saturated rings. The van der Waals surface area contributed by atoms with Gasteiger partial charge in [0.1, 0.15) is 0 Å². The molecular weight excluding hydrogens is 262 g/mol. The summed E-state index contributed by atoms with van der Waals surface area (Å²) in [5.74, 6) is 0.0129. The molecule has 1 aliphatic rings. The number of carbonyl (C=O) groups excluding carboxylic acids is 1. The highest BCUT2D eigenvalue weighted by molar-refractivity contribution is 6.00. The summed E-state index contributed by atoms with van der Waals surface area (Å²) in [7, 11) is 1.57. The first kappa shape index (κ1) is 14.3. The molecule has 2 rings (SSSR count). The molecule has 0 heterocycles. The van der Waals surface area contributed by atoms with Crippen LogP contribution < -0.4 is 11.1 Å². The Morgan fingerprint density at radius 1 is 1.60 bits per heavy atom. The fourth-order valence-corrected chi connectivity index (χ4v) is 2.07. The molecule has 0 aromatic heterocycles. The molecular formula is C13H17N3O4. The fraction of sp³-hybridized carbons (Fsp3) is 0.462. The summed E-state index contributed by atoms with van der Waals surface area (Å²) in [5.41, 5.74) is 5.91. The van der Waals surface area contributed by atoms with Crippen LogP contribution in [0, 0.1) is 16.0 Å². The van der Waals surface area contributed by atoms with Crippen molar-refractivity contribution in [3.05, 3.63) is 33.9 Å². The lowest BCUT2D eigenvalue weighted by Crippen LogP contribution is -2.39. The van der Waals surface area contributed by atoms with Gasteiger partial charge in [0.15, 0.2) is 0 Å². The van der Waals surface area contributed by atoms with Crippen molar-refractivity contribution in [1.82, 2.24) is 5.32 Å². The van der Waals surface area contributed by atoms with E-state index in [0.717, 1.165) is 12.8 Å². The van der Waals surface area contributed by atoms with Crippen LogP contribution in [0.1, 0.15) is 23.2 Å². The van der Waals surface area contributed by atoms with Crippen LogP contribution in [-0.2, 0) is 4.74 Å². The van der Waals surface area contributed by atoms with Crippen molar-refractivity contribution in [3.8, 4) is 0 Å². The van der Waals surface area contributed by atoms with Gasteiger partial charge in [-0.1, -0.05) is 0 Å². The lowest BCUT2D eigenvalue weighted by atomic mass is 10.1. The Hall–Kier alpha value is -2.15. The van der Waals surface area contributed by atoms with Gasteiger partial charge in [0.05, 0.1) is 23.1 Å². The second kappa shape index (κ2) is 5.87. The van der Waals surface area contributed by atoms with E-state index >= 15 is 0 Å². The van der Waals surface area contributed by atoms with Gasteiger partial charge in [-0.3, -0.25) is 14.9 Å². The average Bonchev–Trinajstić information content (AvgIpc) is 3.22. The molecule has 1 aromatic carbocycles. The number of nitrogens with zero attached hydrogens (tertiary/aromatic N) is 1. The quantitative estimate of drug-likeness (QED) is 0.464. The summed E-state index contributed by atoms with van der Waals surface area (Å²) < 4.78 is 5.08. The first-order valence-electron chi connectivity index (χ1n) is 6.36. The molecule has 0 bridgehead atoms. The van der Waals surface area contributed by atoms with Gasteiger partial charge in [-0.2, -0.15) is 0 Å². The molecule has 1 aliphatic carbocycles. The van der Waals surface area contributed by atoms with Gasteiger partial charge in [-0.05, 0) is 24.8 Å². The van der Waals surface area contributed by atoms with Crippen LogP contribution in [0.5, 0.6) is 0 Å². The summed E-state index contributed by atoms with van der Waals surface area (Å²) in [6, 6.07) is 3.77. The van der Waals surface area contributed by atoms with Gasteiger partial charge < -0.3 is 15.8 Å². The topological polar surface area (TPSA) is 107 Å². The highest BCUT2D eigenvalue weighted by atomic mass is 16.6. The molecule has 20 heavy (non-hydrogen) atoms. The molecule has 1 aromatic rings. The number of rotatable bonds is 6. The third-order valence-corrected chi connectivity index (χ3v) is 3.35. The van der Waals surface area contributed by atoms with E-state index in [1.165, 1.54) is 18.2 Å². The van der Waals surface area contributed by atoms with Gasteiger partial charge in [-0.15, -0.1) is 0 Å². The van der Waals surface area contributed by atoms with Crippen molar-refractivity contribution in [1.29, 1.82) is 0 Å². The second-order valence-corrected chi connectivity index (χ2v) is 4.90. The van der Waals surface area contributed by atoms with Crippen molar-refractivity contribution in [2.24, 2.45) is 5.92 Å². The van der Waals surface area contributed by atoms with Crippen LogP contribution in [0.3, 0.4) is 0 Å². The van der Waals surface area contributed by atoms with E-state index in [-0.39, 0.29) is 23.0 Å². The summed E-state index contributed by atoms with van der Waals surface area (Å²) in [6.45, 7) is 0.422. The Labute approximate surface area is 116 Å². The molecule has 108 valence electrons. The largest absolute Gasteiger partial charge is 0.398 e. The standard InChI is InChI=1S/C13H17N3O4/c1-20-7-12(8-2-3-8)15-13(17)10-6-9(16(18)19)4-5-11(10)14/h4-6,8,12H,2-3,7,14H2,1H3,(H,15,17)/t12-/m0/s1.